The minimum Gasteiger partial charge on any atom is -0.386 e. The van der Waals surface area contributed by atoms with E-state index >= 15 is 0 Å². The molecule has 1 N–H and O–H groups in total. The van der Waals surface area contributed by atoms with Gasteiger partial charge in [-0.25, -0.2) is 0 Å². The number of carbonyl (C=O) groups is 1. The van der Waals surface area contributed by atoms with Gasteiger partial charge in [0.15, 0.2) is 6.61 Å². The minimum absolute atomic E-state index is 0.173. The number of benzene rings is 2. The first-order valence-corrected chi connectivity index (χ1v) is 6.79. The second-order valence-corrected chi connectivity index (χ2v) is 4.86. The van der Waals surface area contributed by atoms with E-state index in [2.05, 4.69) is 10.5 Å². The summed E-state index contributed by atoms with van der Waals surface area (Å²) in [6.07, 6.45) is 1.55. The zero-order valence-electron chi connectivity index (χ0n) is 11.5. The van der Waals surface area contributed by atoms with Crippen molar-refractivity contribution in [1.82, 2.24) is 0 Å². The third-order valence-electron chi connectivity index (χ3n) is 2.67. The number of aryl methyl sites for hydroxylation is 1. The van der Waals surface area contributed by atoms with Crippen LogP contribution < -0.4 is 5.32 Å². The Balaban J connectivity index is 1.81. The predicted molar refractivity (Wildman–Crippen MR) is 84.8 cm³/mol. The number of nitrogens with zero attached hydrogens (tertiary/aromatic N) is 1. The van der Waals surface area contributed by atoms with Crippen LogP contribution in [-0.2, 0) is 9.63 Å². The lowest BCUT2D eigenvalue weighted by Gasteiger charge is -2.07. The molecule has 0 aromatic heterocycles. The van der Waals surface area contributed by atoms with Gasteiger partial charge in [-0.05, 0) is 30.2 Å². The monoisotopic (exact) mass is 302 g/mol. The summed E-state index contributed by atoms with van der Waals surface area (Å²) in [5.74, 6) is -0.314. The highest BCUT2D eigenvalue weighted by Gasteiger charge is 2.06. The van der Waals surface area contributed by atoms with Crippen molar-refractivity contribution in [3.05, 3.63) is 64.7 Å². The lowest BCUT2D eigenvalue weighted by Crippen LogP contribution is -2.17. The quantitative estimate of drug-likeness (QED) is 0.677. The standard InChI is InChI=1S/C16H15ClN2O2/c1-12-7-8-15(14(17)9-12)19-16(20)11-21-18-10-13-5-3-2-4-6-13/h2-10H,11H2,1H3,(H,19,20)/b18-10-. The van der Waals surface area contributed by atoms with Gasteiger partial charge in [0.2, 0.25) is 0 Å². The maximum atomic E-state index is 11.7. The van der Waals surface area contributed by atoms with Gasteiger partial charge in [-0.2, -0.15) is 0 Å². The molecule has 0 saturated heterocycles. The fourth-order valence-corrected chi connectivity index (χ4v) is 1.92. The lowest BCUT2D eigenvalue weighted by molar-refractivity contribution is -0.120. The van der Waals surface area contributed by atoms with E-state index in [0.29, 0.717) is 10.7 Å². The van der Waals surface area contributed by atoms with Crippen LogP contribution in [0.5, 0.6) is 0 Å². The van der Waals surface area contributed by atoms with Gasteiger partial charge >= 0.3 is 0 Å². The summed E-state index contributed by atoms with van der Waals surface area (Å²) in [5.41, 5.74) is 2.49. The van der Waals surface area contributed by atoms with E-state index in [1.807, 2.05) is 43.3 Å². The Morgan fingerprint density at radius 3 is 2.76 bits per heavy atom. The molecule has 0 bridgehead atoms. The molecule has 2 aromatic rings. The molecule has 0 unspecified atom stereocenters. The summed E-state index contributed by atoms with van der Waals surface area (Å²) in [5, 5.41) is 6.90. The van der Waals surface area contributed by atoms with E-state index in [0.717, 1.165) is 11.1 Å². The summed E-state index contributed by atoms with van der Waals surface area (Å²) in [7, 11) is 0. The summed E-state index contributed by atoms with van der Waals surface area (Å²) < 4.78 is 0. The molecule has 108 valence electrons. The highest BCUT2D eigenvalue weighted by molar-refractivity contribution is 6.33. The van der Waals surface area contributed by atoms with Crippen LogP contribution in [0.15, 0.2) is 53.7 Å². The van der Waals surface area contributed by atoms with Gasteiger partial charge in [-0.1, -0.05) is 53.2 Å². The lowest BCUT2D eigenvalue weighted by atomic mass is 10.2. The zero-order valence-corrected chi connectivity index (χ0v) is 12.3. The summed E-state index contributed by atoms with van der Waals surface area (Å²) in [6.45, 7) is 1.76. The van der Waals surface area contributed by atoms with E-state index in [1.165, 1.54) is 0 Å². The van der Waals surface area contributed by atoms with Gasteiger partial charge in [0, 0.05) is 0 Å². The third-order valence-corrected chi connectivity index (χ3v) is 2.98. The molecule has 4 nitrogen and oxygen atoms in total. The number of anilines is 1. The fourth-order valence-electron chi connectivity index (χ4n) is 1.64. The highest BCUT2D eigenvalue weighted by Crippen LogP contribution is 2.22. The molecule has 0 heterocycles. The van der Waals surface area contributed by atoms with Crippen molar-refractivity contribution in [3.8, 4) is 0 Å². The second-order valence-electron chi connectivity index (χ2n) is 4.45. The Morgan fingerprint density at radius 2 is 2.05 bits per heavy atom. The van der Waals surface area contributed by atoms with E-state index in [9.17, 15) is 4.79 Å². The summed E-state index contributed by atoms with van der Waals surface area (Å²) in [6, 6.07) is 14.9. The first-order chi connectivity index (χ1) is 10.1. The van der Waals surface area contributed by atoms with Gasteiger partial charge < -0.3 is 10.2 Å². The zero-order chi connectivity index (χ0) is 15.1. The molecule has 0 fully saturated rings. The minimum atomic E-state index is -0.314. The predicted octanol–water partition coefficient (Wildman–Crippen LogP) is 3.64. The van der Waals surface area contributed by atoms with E-state index in [-0.39, 0.29) is 12.5 Å². The molecule has 2 rings (SSSR count). The molecule has 0 saturated carbocycles. The average molecular weight is 303 g/mol. The van der Waals surface area contributed by atoms with Crippen molar-refractivity contribution in [2.45, 2.75) is 6.92 Å². The molecule has 0 radical (unpaired) electrons. The molecule has 0 aliphatic rings. The maximum absolute atomic E-state index is 11.7. The van der Waals surface area contributed by atoms with Crippen molar-refractivity contribution in [3.63, 3.8) is 0 Å². The van der Waals surface area contributed by atoms with E-state index in [1.54, 1.807) is 18.3 Å². The van der Waals surface area contributed by atoms with Gasteiger partial charge in [-0.3, -0.25) is 4.79 Å². The smallest absolute Gasteiger partial charge is 0.265 e. The fraction of sp³-hybridized carbons (Fsp3) is 0.125. The molecule has 0 spiro atoms. The van der Waals surface area contributed by atoms with Crippen molar-refractivity contribution in [2.75, 3.05) is 11.9 Å². The van der Waals surface area contributed by atoms with E-state index in [4.69, 9.17) is 16.4 Å². The van der Waals surface area contributed by atoms with Crippen LogP contribution in [0.25, 0.3) is 0 Å². The van der Waals surface area contributed by atoms with Gasteiger partial charge in [0.1, 0.15) is 0 Å². The van der Waals surface area contributed by atoms with Crippen LogP contribution in [-0.4, -0.2) is 18.7 Å². The number of carbonyl (C=O) groups excluding carboxylic acids is 1. The Bertz CT molecular complexity index is 642. The first-order valence-electron chi connectivity index (χ1n) is 6.41. The number of hydrogen-bond acceptors (Lipinski definition) is 3. The van der Waals surface area contributed by atoms with Crippen LogP contribution in [0.1, 0.15) is 11.1 Å². The van der Waals surface area contributed by atoms with Crippen LogP contribution in [0, 0.1) is 6.92 Å². The maximum Gasteiger partial charge on any atom is 0.265 e. The largest absolute Gasteiger partial charge is 0.386 e. The average Bonchev–Trinajstić information content (AvgIpc) is 2.48. The molecule has 0 aliphatic heterocycles. The summed E-state index contributed by atoms with van der Waals surface area (Å²) in [4.78, 5) is 16.6. The molecule has 2 aromatic carbocycles. The van der Waals surface area contributed by atoms with Crippen LogP contribution in [0.3, 0.4) is 0 Å². The highest BCUT2D eigenvalue weighted by atomic mass is 35.5. The Kier molecular flexibility index (Phi) is 5.35. The third kappa shape index (κ3) is 4.93. The number of amides is 1. The van der Waals surface area contributed by atoms with Crippen LogP contribution in [0.4, 0.5) is 5.69 Å². The van der Waals surface area contributed by atoms with Crippen LogP contribution in [0.2, 0.25) is 5.02 Å². The number of rotatable bonds is 5. The second kappa shape index (κ2) is 7.45. The Hall–Kier alpha value is -2.33. The van der Waals surface area contributed by atoms with Crippen molar-refractivity contribution >= 4 is 29.4 Å². The number of halogens is 1. The Morgan fingerprint density at radius 1 is 1.29 bits per heavy atom. The molecule has 0 aliphatic carbocycles. The molecule has 1 amide bonds. The summed E-state index contributed by atoms with van der Waals surface area (Å²) >= 11 is 6.03. The molecule has 21 heavy (non-hydrogen) atoms. The molecule has 0 atom stereocenters. The van der Waals surface area contributed by atoms with Crippen molar-refractivity contribution in [2.24, 2.45) is 5.16 Å². The van der Waals surface area contributed by atoms with Crippen molar-refractivity contribution < 1.29 is 9.63 Å². The number of hydrogen-bond donors (Lipinski definition) is 1. The molecular weight excluding hydrogens is 288 g/mol. The Labute approximate surface area is 128 Å². The molecule has 5 heteroatoms. The normalized spacial score (nSPS) is 10.6. The number of oxime groups is 1. The topological polar surface area (TPSA) is 50.7 Å². The molecular formula is C16H15ClN2O2. The SMILES string of the molecule is Cc1ccc(NC(=O)CO/N=C\c2ccccc2)c(Cl)c1. The number of nitrogens with one attached hydrogen (secondary N) is 1. The first kappa shape index (κ1) is 15.1. The van der Waals surface area contributed by atoms with E-state index < -0.39 is 0 Å². The van der Waals surface area contributed by atoms with Gasteiger partial charge in [0.05, 0.1) is 16.9 Å². The van der Waals surface area contributed by atoms with Gasteiger partial charge in [0.25, 0.3) is 5.91 Å². The van der Waals surface area contributed by atoms with Crippen molar-refractivity contribution in [1.29, 1.82) is 0 Å². The van der Waals surface area contributed by atoms with Crippen LogP contribution >= 0.6 is 11.6 Å². The van der Waals surface area contributed by atoms with Gasteiger partial charge in [-0.15, -0.1) is 0 Å².